The van der Waals surface area contributed by atoms with Crippen molar-refractivity contribution in [1.29, 1.82) is 0 Å². The molecule has 0 spiro atoms. The van der Waals surface area contributed by atoms with E-state index in [0.29, 0.717) is 45.3 Å². The summed E-state index contributed by atoms with van der Waals surface area (Å²) in [6, 6.07) is 10.0. The maximum Gasteiger partial charge on any atom is 0.442 e. The standard InChI is InChI=1S/C18H24N2O4.C15H18Cl2N2O3/c1-6-18(3,7-2)14-11-15(24-20-14)19-17(21)16-12(22-4)9-8-10-13(16)23-5;1-8(2)21-12-7-11(9(16)6-10(12)17)19-14(20)22-13(18-19)15(3,4)5/h8-11H,6-7H2,1-5H3,(H,19,21);6-8H,1-5H3. The van der Waals surface area contributed by atoms with Crippen molar-refractivity contribution in [2.24, 2.45) is 0 Å². The van der Waals surface area contributed by atoms with Gasteiger partial charge in [0.25, 0.3) is 5.91 Å². The van der Waals surface area contributed by atoms with Crippen LogP contribution in [0, 0.1) is 0 Å². The van der Waals surface area contributed by atoms with E-state index in [1.807, 2.05) is 34.6 Å². The molecule has 0 aliphatic heterocycles. The summed E-state index contributed by atoms with van der Waals surface area (Å²) in [5, 5.41) is 11.7. The number of rotatable bonds is 10. The third-order valence-corrected chi connectivity index (χ3v) is 7.96. The van der Waals surface area contributed by atoms with Crippen LogP contribution in [0.2, 0.25) is 10.0 Å². The fourth-order valence-electron chi connectivity index (χ4n) is 4.24. The number of nitrogens with one attached hydrogen (secondary N) is 1. The van der Waals surface area contributed by atoms with Gasteiger partial charge in [-0.25, -0.2) is 4.79 Å². The molecule has 46 heavy (non-hydrogen) atoms. The van der Waals surface area contributed by atoms with E-state index in [2.05, 4.69) is 36.3 Å². The summed E-state index contributed by atoms with van der Waals surface area (Å²) in [5.74, 6) is 0.942. The van der Waals surface area contributed by atoms with Gasteiger partial charge < -0.3 is 23.2 Å². The molecular weight excluding hydrogens is 635 g/mol. The molecule has 2 aromatic carbocycles. The maximum atomic E-state index is 12.6. The van der Waals surface area contributed by atoms with Crippen LogP contribution in [0.5, 0.6) is 17.2 Å². The van der Waals surface area contributed by atoms with Gasteiger partial charge in [-0.2, -0.15) is 4.68 Å². The van der Waals surface area contributed by atoms with Crippen LogP contribution >= 0.6 is 23.2 Å². The maximum absolute atomic E-state index is 12.6. The smallest absolute Gasteiger partial charge is 0.442 e. The SMILES string of the molecule is CC(C)Oc1cc(-n2nc(C(C)(C)C)oc2=O)c(Cl)cc1Cl.CCC(C)(CC)c1cc(NC(=O)c2c(OC)cccc2OC)on1. The first-order chi connectivity index (χ1) is 21.6. The summed E-state index contributed by atoms with van der Waals surface area (Å²) in [6.45, 7) is 15.8. The minimum absolute atomic E-state index is 0.0642. The molecule has 4 rings (SSSR count). The summed E-state index contributed by atoms with van der Waals surface area (Å²) in [5.41, 5.74) is 1.05. The van der Waals surface area contributed by atoms with Crippen molar-refractivity contribution in [2.75, 3.05) is 19.5 Å². The lowest BCUT2D eigenvalue weighted by Gasteiger charge is -2.22. The van der Waals surface area contributed by atoms with Crippen molar-refractivity contribution in [3.63, 3.8) is 0 Å². The van der Waals surface area contributed by atoms with E-state index in [1.165, 1.54) is 20.3 Å². The van der Waals surface area contributed by atoms with E-state index < -0.39 is 5.76 Å². The van der Waals surface area contributed by atoms with Gasteiger partial charge in [0.05, 0.1) is 41.8 Å². The van der Waals surface area contributed by atoms with Gasteiger partial charge in [-0.15, -0.1) is 5.10 Å². The first-order valence-electron chi connectivity index (χ1n) is 14.8. The Balaban J connectivity index is 0.000000251. The molecule has 0 aliphatic carbocycles. The highest BCUT2D eigenvalue weighted by molar-refractivity contribution is 6.36. The number of hydrogen-bond acceptors (Lipinski definition) is 9. The summed E-state index contributed by atoms with van der Waals surface area (Å²) >= 11 is 12.3. The Morgan fingerprint density at radius 2 is 1.59 bits per heavy atom. The minimum atomic E-state index is -0.607. The number of aromatic nitrogens is 3. The van der Waals surface area contributed by atoms with Crippen molar-refractivity contribution in [1.82, 2.24) is 14.9 Å². The van der Waals surface area contributed by atoms with Crippen LogP contribution in [0.1, 0.15) is 90.2 Å². The summed E-state index contributed by atoms with van der Waals surface area (Å²) in [7, 11) is 3.01. The van der Waals surface area contributed by atoms with Gasteiger partial charge >= 0.3 is 5.76 Å². The van der Waals surface area contributed by atoms with Gasteiger partial charge in [0.1, 0.15) is 22.8 Å². The Bertz CT molecular complexity index is 1680. The number of methoxy groups -OCH3 is 2. The first kappa shape index (κ1) is 36.5. The van der Waals surface area contributed by atoms with Crippen LogP contribution in [0.4, 0.5) is 5.88 Å². The van der Waals surface area contributed by atoms with Crippen molar-refractivity contribution < 1.29 is 27.9 Å². The Morgan fingerprint density at radius 1 is 0.978 bits per heavy atom. The van der Waals surface area contributed by atoms with Gasteiger partial charge in [-0.3, -0.25) is 10.1 Å². The van der Waals surface area contributed by atoms with Gasteiger partial charge in [0.15, 0.2) is 0 Å². The third kappa shape index (κ3) is 8.44. The first-order valence-corrected chi connectivity index (χ1v) is 15.6. The zero-order valence-corrected chi connectivity index (χ0v) is 29.4. The quantitative estimate of drug-likeness (QED) is 0.176. The number of nitrogens with zero attached hydrogens (tertiary/aromatic N) is 3. The molecule has 4 aromatic rings. The van der Waals surface area contributed by atoms with Gasteiger partial charge in [-0.1, -0.05) is 76.0 Å². The Morgan fingerprint density at radius 3 is 2.09 bits per heavy atom. The van der Waals surface area contributed by atoms with E-state index >= 15 is 0 Å². The van der Waals surface area contributed by atoms with Gasteiger partial charge in [-0.05, 0) is 44.9 Å². The van der Waals surface area contributed by atoms with E-state index in [4.69, 9.17) is 46.4 Å². The second kappa shape index (κ2) is 15.1. The highest BCUT2D eigenvalue weighted by Crippen LogP contribution is 2.35. The zero-order chi connectivity index (χ0) is 34.4. The fourth-order valence-corrected chi connectivity index (χ4v) is 4.75. The molecule has 0 aliphatic rings. The molecule has 2 aromatic heterocycles. The van der Waals surface area contributed by atoms with Crippen molar-refractivity contribution in [2.45, 2.75) is 85.2 Å². The number of halogens is 2. The van der Waals surface area contributed by atoms with E-state index in [0.717, 1.165) is 23.2 Å². The molecule has 11 nitrogen and oxygen atoms in total. The van der Waals surface area contributed by atoms with Crippen LogP contribution in [0.25, 0.3) is 5.69 Å². The predicted molar refractivity (Wildman–Crippen MR) is 179 cm³/mol. The number of ether oxygens (including phenoxy) is 3. The summed E-state index contributed by atoms with van der Waals surface area (Å²) in [4.78, 5) is 24.7. The van der Waals surface area contributed by atoms with Crippen molar-refractivity contribution in [3.8, 4) is 22.9 Å². The second-order valence-electron chi connectivity index (χ2n) is 12.1. The molecule has 0 radical (unpaired) electrons. The predicted octanol–water partition coefficient (Wildman–Crippen LogP) is 8.24. The number of benzene rings is 2. The average molecular weight is 678 g/mol. The largest absolute Gasteiger partial charge is 0.496 e. The van der Waals surface area contributed by atoms with Gasteiger partial charge in [0, 0.05) is 23.0 Å². The molecule has 0 unspecified atom stereocenters. The molecule has 0 saturated heterocycles. The van der Waals surface area contributed by atoms with Gasteiger partial charge in [0.2, 0.25) is 11.8 Å². The summed E-state index contributed by atoms with van der Waals surface area (Å²) < 4.78 is 27.7. The molecule has 0 atom stereocenters. The lowest BCUT2D eigenvalue weighted by molar-refractivity contribution is 0.101. The number of carbonyl (C=O) groups excluding carboxylic acids is 1. The van der Waals surface area contributed by atoms with Crippen LogP contribution in [0.15, 0.2) is 50.1 Å². The molecule has 0 saturated carbocycles. The molecule has 0 fully saturated rings. The lowest BCUT2D eigenvalue weighted by atomic mass is 9.81. The monoisotopic (exact) mass is 676 g/mol. The fraction of sp³-hybridized carbons (Fsp3) is 0.455. The second-order valence-corrected chi connectivity index (χ2v) is 12.9. The number of amides is 1. The van der Waals surface area contributed by atoms with Crippen LogP contribution in [-0.2, 0) is 10.8 Å². The molecular formula is C33H42Cl2N4O7. The van der Waals surface area contributed by atoms with Crippen molar-refractivity contribution >= 4 is 35.0 Å². The van der Waals surface area contributed by atoms with Crippen LogP contribution in [-0.4, -0.2) is 41.2 Å². The lowest BCUT2D eigenvalue weighted by Crippen LogP contribution is -2.19. The zero-order valence-electron chi connectivity index (χ0n) is 27.9. The Hall–Kier alpha value is -3.96. The number of hydrogen-bond donors (Lipinski definition) is 1. The normalized spacial score (nSPS) is 11.6. The molecule has 0 bridgehead atoms. The molecule has 1 amide bonds. The highest BCUT2D eigenvalue weighted by Gasteiger charge is 2.28. The third-order valence-electron chi connectivity index (χ3n) is 7.36. The van der Waals surface area contributed by atoms with E-state index in [-0.39, 0.29) is 27.9 Å². The van der Waals surface area contributed by atoms with Crippen LogP contribution in [0.3, 0.4) is 0 Å². The topological polar surface area (TPSA) is 131 Å². The molecule has 2 heterocycles. The molecule has 13 heteroatoms. The van der Waals surface area contributed by atoms with E-state index in [1.54, 1.807) is 30.3 Å². The highest BCUT2D eigenvalue weighted by atomic mass is 35.5. The molecule has 250 valence electrons. The number of carbonyl (C=O) groups is 1. The Kier molecular flexibility index (Phi) is 12.0. The Labute approximate surface area is 279 Å². The summed E-state index contributed by atoms with van der Waals surface area (Å²) in [6.07, 6.45) is 1.80. The number of anilines is 1. The average Bonchev–Trinajstić information content (AvgIpc) is 3.64. The molecule has 1 N–H and O–H groups in total. The van der Waals surface area contributed by atoms with Crippen LogP contribution < -0.4 is 25.3 Å². The van der Waals surface area contributed by atoms with Crippen molar-refractivity contribution in [3.05, 3.63) is 74.1 Å². The minimum Gasteiger partial charge on any atom is -0.496 e. The van der Waals surface area contributed by atoms with E-state index in [9.17, 15) is 9.59 Å².